The van der Waals surface area contributed by atoms with E-state index in [9.17, 15) is 4.79 Å². The van der Waals surface area contributed by atoms with Crippen molar-refractivity contribution in [1.29, 1.82) is 0 Å². The van der Waals surface area contributed by atoms with Crippen molar-refractivity contribution in [1.82, 2.24) is 9.80 Å². The van der Waals surface area contributed by atoms with Crippen LogP contribution in [-0.4, -0.2) is 49.8 Å². The minimum absolute atomic E-state index is 0.125. The third-order valence-electron chi connectivity index (χ3n) is 2.11. The maximum Gasteiger partial charge on any atom is 0.178 e. The van der Waals surface area contributed by atoms with Crippen molar-refractivity contribution in [2.24, 2.45) is 0 Å². The molecule has 0 amide bonds. The van der Waals surface area contributed by atoms with Gasteiger partial charge >= 0.3 is 0 Å². The van der Waals surface area contributed by atoms with Crippen molar-refractivity contribution in [2.45, 2.75) is 6.04 Å². The summed E-state index contributed by atoms with van der Waals surface area (Å²) in [6, 6.07) is -0.125. The minimum atomic E-state index is -0.125. The van der Waals surface area contributed by atoms with Gasteiger partial charge in [-0.1, -0.05) is 6.08 Å². The van der Waals surface area contributed by atoms with Gasteiger partial charge in [0.2, 0.25) is 0 Å². The van der Waals surface area contributed by atoms with Crippen LogP contribution in [0.25, 0.3) is 0 Å². The molecule has 0 radical (unpaired) electrons. The van der Waals surface area contributed by atoms with E-state index in [-0.39, 0.29) is 11.8 Å². The molecule has 1 rings (SSSR count). The van der Waals surface area contributed by atoms with Crippen LogP contribution >= 0.6 is 0 Å². The molecule has 1 unspecified atom stereocenters. The molecule has 0 saturated carbocycles. The predicted octanol–water partition coefficient (Wildman–Crippen LogP) is 0.501. The highest BCUT2D eigenvalue weighted by atomic mass is 16.1. The largest absolute Gasteiger partial charge is 0.379 e. The Morgan fingerprint density at radius 2 is 1.85 bits per heavy atom. The number of likely N-dealkylation sites (N-methyl/N-ethyl adjacent to an activating group) is 2. The van der Waals surface area contributed by atoms with Crippen molar-refractivity contribution in [3.63, 3.8) is 0 Å². The van der Waals surface area contributed by atoms with Crippen LogP contribution < -0.4 is 0 Å². The van der Waals surface area contributed by atoms with E-state index in [2.05, 4.69) is 0 Å². The first-order valence-electron chi connectivity index (χ1n) is 4.30. The van der Waals surface area contributed by atoms with E-state index in [1.165, 1.54) is 0 Å². The molecular formula is C10H16N2O. The third kappa shape index (κ3) is 1.98. The van der Waals surface area contributed by atoms with Crippen LogP contribution in [0.5, 0.6) is 0 Å². The molecule has 13 heavy (non-hydrogen) atoms. The summed E-state index contributed by atoms with van der Waals surface area (Å²) in [6.07, 6.45) is 5.40. The molecule has 0 aliphatic heterocycles. The Morgan fingerprint density at radius 1 is 1.23 bits per heavy atom. The third-order valence-corrected chi connectivity index (χ3v) is 2.11. The molecule has 0 aromatic heterocycles. The Labute approximate surface area is 79.3 Å². The summed E-state index contributed by atoms with van der Waals surface area (Å²) < 4.78 is 0. The van der Waals surface area contributed by atoms with E-state index < -0.39 is 0 Å². The molecule has 0 fully saturated rings. The van der Waals surface area contributed by atoms with Gasteiger partial charge < -0.3 is 4.90 Å². The molecule has 0 N–H and O–H groups in total. The topological polar surface area (TPSA) is 23.6 Å². The summed E-state index contributed by atoms with van der Waals surface area (Å²) in [5.74, 6) is 0.149. The average Bonchev–Trinajstić information content (AvgIpc) is 2.02. The molecule has 72 valence electrons. The van der Waals surface area contributed by atoms with Gasteiger partial charge in [-0.05, 0) is 26.2 Å². The number of ketones is 1. The second-order valence-electron chi connectivity index (χ2n) is 3.61. The molecule has 0 bridgehead atoms. The van der Waals surface area contributed by atoms with Crippen LogP contribution in [0.4, 0.5) is 0 Å². The molecule has 0 saturated heterocycles. The molecule has 1 atom stereocenters. The normalized spacial score (nSPS) is 22.1. The van der Waals surface area contributed by atoms with Gasteiger partial charge in [-0.15, -0.1) is 0 Å². The molecular weight excluding hydrogens is 164 g/mol. The van der Waals surface area contributed by atoms with Crippen LogP contribution in [-0.2, 0) is 4.79 Å². The lowest BCUT2D eigenvalue weighted by atomic mass is 10.0. The van der Waals surface area contributed by atoms with E-state index >= 15 is 0 Å². The zero-order valence-corrected chi connectivity index (χ0v) is 8.61. The van der Waals surface area contributed by atoms with Crippen molar-refractivity contribution in [3.8, 4) is 0 Å². The highest BCUT2D eigenvalue weighted by Crippen LogP contribution is 2.16. The summed E-state index contributed by atoms with van der Waals surface area (Å²) in [4.78, 5) is 15.5. The highest BCUT2D eigenvalue weighted by Gasteiger charge is 2.25. The first kappa shape index (κ1) is 9.99. The number of nitrogens with zero attached hydrogens (tertiary/aromatic N) is 2. The fourth-order valence-corrected chi connectivity index (χ4v) is 1.48. The molecule has 0 spiro atoms. The number of allylic oxidation sites excluding steroid dienone is 2. The fraction of sp³-hybridized carbons (Fsp3) is 0.500. The minimum Gasteiger partial charge on any atom is -0.379 e. The molecule has 0 aromatic rings. The van der Waals surface area contributed by atoms with Gasteiger partial charge in [0, 0.05) is 19.8 Å². The number of rotatable bonds is 2. The standard InChI is InChI=1S/C10H16N2O/c1-11(2)8-6-5-7-9(13)10(8)12(3)4/h5-7,10H,1-4H3. The van der Waals surface area contributed by atoms with Gasteiger partial charge in [0.1, 0.15) is 6.04 Å². The molecule has 3 heteroatoms. The van der Waals surface area contributed by atoms with E-state index in [0.717, 1.165) is 5.70 Å². The molecule has 1 aliphatic rings. The molecule has 1 aliphatic carbocycles. The summed E-state index contributed by atoms with van der Waals surface area (Å²) in [5, 5.41) is 0. The van der Waals surface area contributed by atoms with Gasteiger partial charge in [-0.3, -0.25) is 9.69 Å². The second-order valence-corrected chi connectivity index (χ2v) is 3.61. The zero-order valence-electron chi connectivity index (χ0n) is 8.61. The van der Waals surface area contributed by atoms with Crippen LogP contribution in [0.15, 0.2) is 23.9 Å². The summed E-state index contributed by atoms with van der Waals surface area (Å²) in [6.45, 7) is 0. The van der Waals surface area contributed by atoms with Gasteiger partial charge in [0.15, 0.2) is 5.78 Å². The van der Waals surface area contributed by atoms with Gasteiger partial charge in [-0.2, -0.15) is 0 Å². The lowest BCUT2D eigenvalue weighted by Crippen LogP contribution is -2.41. The summed E-state index contributed by atoms with van der Waals surface area (Å²) in [7, 11) is 7.74. The maximum atomic E-state index is 11.6. The zero-order chi connectivity index (χ0) is 10.0. The Bertz CT molecular complexity index is 264. The molecule has 3 nitrogen and oxygen atoms in total. The van der Waals surface area contributed by atoms with Crippen LogP contribution in [0.2, 0.25) is 0 Å². The van der Waals surface area contributed by atoms with Gasteiger partial charge in [0.05, 0.1) is 0 Å². The summed E-state index contributed by atoms with van der Waals surface area (Å²) >= 11 is 0. The number of hydrogen-bond acceptors (Lipinski definition) is 3. The van der Waals surface area contributed by atoms with E-state index in [0.29, 0.717) is 0 Å². The number of hydrogen-bond donors (Lipinski definition) is 0. The van der Waals surface area contributed by atoms with E-state index in [1.54, 1.807) is 12.2 Å². The molecule has 0 heterocycles. The second kappa shape index (κ2) is 3.75. The van der Waals surface area contributed by atoms with Crippen LogP contribution in [0.3, 0.4) is 0 Å². The smallest absolute Gasteiger partial charge is 0.178 e. The SMILES string of the molecule is CN(C)C1=CC=CC(=O)C1N(C)C. The first-order chi connectivity index (χ1) is 6.04. The quantitative estimate of drug-likeness (QED) is 0.618. The number of carbonyl (C=O) groups is 1. The monoisotopic (exact) mass is 180 g/mol. The van der Waals surface area contributed by atoms with Crippen LogP contribution in [0, 0.1) is 0 Å². The van der Waals surface area contributed by atoms with Crippen molar-refractivity contribution >= 4 is 5.78 Å². The first-order valence-corrected chi connectivity index (χ1v) is 4.30. The van der Waals surface area contributed by atoms with Crippen molar-refractivity contribution < 1.29 is 4.79 Å². The Balaban J connectivity index is 2.96. The van der Waals surface area contributed by atoms with Crippen molar-refractivity contribution in [3.05, 3.63) is 23.9 Å². The Morgan fingerprint density at radius 3 is 2.23 bits per heavy atom. The van der Waals surface area contributed by atoms with Gasteiger partial charge in [-0.25, -0.2) is 0 Å². The Hall–Kier alpha value is -1.09. The average molecular weight is 180 g/mol. The summed E-state index contributed by atoms with van der Waals surface area (Å²) in [5.41, 5.74) is 1.04. The fourth-order valence-electron chi connectivity index (χ4n) is 1.48. The van der Waals surface area contributed by atoms with Gasteiger partial charge in [0.25, 0.3) is 0 Å². The van der Waals surface area contributed by atoms with Crippen LogP contribution in [0.1, 0.15) is 0 Å². The van der Waals surface area contributed by atoms with E-state index in [4.69, 9.17) is 0 Å². The predicted molar refractivity (Wildman–Crippen MR) is 53.4 cm³/mol. The highest BCUT2D eigenvalue weighted by molar-refractivity contribution is 5.98. The molecule has 0 aromatic carbocycles. The Kier molecular flexibility index (Phi) is 2.88. The lowest BCUT2D eigenvalue weighted by molar-refractivity contribution is -0.118. The maximum absolute atomic E-state index is 11.6. The lowest BCUT2D eigenvalue weighted by Gasteiger charge is -2.30. The van der Waals surface area contributed by atoms with E-state index in [1.807, 2.05) is 44.1 Å². The number of carbonyl (C=O) groups excluding carboxylic acids is 1. The van der Waals surface area contributed by atoms with Crippen molar-refractivity contribution in [2.75, 3.05) is 28.2 Å².